The topological polar surface area (TPSA) is 72.9 Å². The second-order valence-electron chi connectivity index (χ2n) is 4.45. The van der Waals surface area contributed by atoms with E-state index >= 15 is 0 Å². The lowest BCUT2D eigenvalue weighted by Gasteiger charge is -2.14. The third-order valence-corrected chi connectivity index (χ3v) is 2.55. The summed E-state index contributed by atoms with van der Waals surface area (Å²) in [4.78, 5) is 11.7. The Morgan fingerprint density at radius 3 is 2.69 bits per heavy atom. The molecule has 5 nitrogen and oxygen atoms in total. The van der Waals surface area contributed by atoms with Crippen LogP contribution in [-0.2, 0) is 11.8 Å². The monoisotopic (exact) mass is 224 g/mol. The largest absolute Gasteiger partial charge is 0.327 e. The van der Waals surface area contributed by atoms with Gasteiger partial charge in [0.05, 0.1) is 5.69 Å². The standard InChI is InChI=1S/C11H20N4O/c1-7(2)9(12)6-11(16)13-10-5-8(3)14-15(10)4/h5,7,9H,6,12H2,1-4H3,(H,13,16). The number of rotatable bonds is 4. The van der Waals surface area contributed by atoms with Gasteiger partial charge in [0.15, 0.2) is 0 Å². The van der Waals surface area contributed by atoms with E-state index in [1.165, 1.54) is 0 Å². The lowest BCUT2D eigenvalue weighted by molar-refractivity contribution is -0.116. The summed E-state index contributed by atoms with van der Waals surface area (Å²) in [6, 6.07) is 1.73. The number of carbonyl (C=O) groups excluding carboxylic acids is 1. The summed E-state index contributed by atoms with van der Waals surface area (Å²) in [5, 5.41) is 6.95. The van der Waals surface area contributed by atoms with E-state index in [1.807, 2.05) is 26.8 Å². The zero-order valence-electron chi connectivity index (χ0n) is 10.3. The van der Waals surface area contributed by atoms with Crippen molar-refractivity contribution in [3.05, 3.63) is 11.8 Å². The quantitative estimate of drug-likeness (QED) is 0.802. The van der Waals surface area contributed by atoms with Gasteiger partial charge in [0.25, 0.3) is 0 Å². The molecule has 0 aliphatic carbocycles. The smallest absolute Gasteiger partial charge is 0.227 e. The number of hydrogen-bond acceptors (Lipinski definition) is 3. The van der Waals surface area contributed by atoms with Crippen LogP contribution in [-0.4, -0.2) is 21.7 Å². The van der Waals surface area contributed by atoms with E-state index in [2.05, 4.69) is 10.4 Å². The van der Waals surface area contributed by atoms with Crippen molar-refractivity contribution in [2.75, 3.05) is 5.32 Å². The van der Waals surface area contributed by atoms with Crippen molar-refractivity contribution in [1.82, 2.24) is 9.78 Å². The predicted octanol–water partition coefficient (Wildman–Crippen LogP) is 1.04. The molecule has 1 unspecified atom stereocenters. The normalized spacial score (nSPS) is 12.9. The Morgan fingerprint density at radius 1 is 1.62 bits per heavy atom. The van der Waals surface area contributed by atoms with E-state index in [1.54, 1.807) is 11.7 Å². The van der Waals surface area contributed by atoms with Gasteiger partial charge in [-0.05, 0) is 12.8 Å². The van der Waals surface area contributed by atoms with Crippen LogP contribution in [0.15, 0.2) is 6.07 Å². The van der Waals surface area contributed by atoms with Crippen molar-refractivity contribution in [2.24, 2.45) is 18.7 Å². The third-order valence-electron chi connectivity index (χ3n) is 2.55. The highest BCUT2D eigenvalue weighted by molar-refractivity contribution is 5.90. The third kappa shape index (κ3) is 3.34. The van der Waals surface area contributed by atoms with Crippen LogP contribution in [0.2, 0.25) is 0 Å². The molecule has 0 spiro atoms. The summed E-state index contributed by atoms with van der Waals surface area (Å²) < 4.78 is 1.65. The average molecular weight is 224 g/mol. The second kappa shape index (κ2) is 5.12. The van der Waals surface area contributed by atoms with Crippen LogP contribution < -0.4 is 11.1 Å². The average Bonchev–Trinajstić information content (AvgIpc) is 2.44. The van der Waals surface area contributed by atoms with E-state index in [0.717, 1.165) is 5.69 Å². The number of anilines is 1. The van der Waals surface area contributed by atoms with E-state index in [9.17, 15) is 4.79 Å². The lowest BCUT2D eigenvalue weighted by atomic mass is 10.0. The Bertz CT molecular complexity index is 370. The second-order valence-corrected chi connectivity index (χ2v) is 4.45. The molecule has 3 N–H and O–H groups in total. The number of nitrogens with two attached hydrogens (primary N) is 1. The summed E-state index contributed by atoms with van der Waals surface area (Å²) in [7, 11) is 1.80. The summed E-state index contributed by atoms with van der Waals surface area (Å²) in [6.45, 7) is 5.90. The minimum absolute atomic E-state index is 0.0656. The Labute approximate surface area is 96.0 Å². The maximum atomic E-state index is 11.7. The van der Waals surface area contributed by atoms with E-state index in [0.29, 0.717) is 18.2 Å². The van der Waals surface area contributed by atoms with Gasteiger partial charge in [-0.1, -0.05) is 13.8 Å². The highest BCUT2D eigenvalue weighted by Gasteiger charge is 2.14. The van der Waals surface area contributed by atoms with Crippen LogP contribution in [0, 0.1) is 12.8 Å². The first-order chi connectivity index (χ1) is 7.40. The molecule has 5 heteroatoms. The van der Waals surface area contributed by atoms with E-state index in [-0.39, 0.29) is 11.9 Å². The minimum Gasteiger partial charge on any atom is -0.327 e. The molecule has 0 aromatic carbocycles. The van der Waals surface area contributed by atoms with Gasteiger partial charge in [-0.25, -0.2) is 0 Å². The molecule has 1 atom stereocenters. The summed E-state index contributed by atoms with van der Waals surface area (Å²) in [5.74, 6) is 0.946. The number of aromatic nitrogens is 2. The number of carbonyl (C=O) groups is 1. The van der Waals surface area contributed by atoms with Crippen LogP contribution in [0.3, 0.4) is 0 Å². The van der Waals surface area contributed by atoms with E-state index < -0.39 is 0 Å². The van der Waals surface area contributed by atoms with Gasteiger partial charge in [-0.2, -0.15) is 5.10 Å². The molecule has 0 radical (unpaired) electrons. The van der Waals surface area contributed by atoms with Crippen LogP contribution in [0.1, 0.15) is 26.0 Å². The molecule has 0 saturated carbocycles. The first kappa shape index (κ1) is 12.7. The molecular formula is C11H20N4O. The number of amides is 1. The van der Waals surface area contributed by atoms with Crippen molar-refractivity contribution >= 4 is 11.7 Å². The van der Waals surface area contributed by atoms with Gasteiger partial charge in [0.2, 0.25) is 5.91 Å². The van der Waals surface area contributed by atoms with Gasteiger partial charge in [-0.3, -0.25) is 9.48 Å². The zero-order chi connectivity index (χ0) is 12.3. The summed E-state index contributed by atoms with van der Waals surface area (Å²) >= 11 is 0. The highest BCUT2D eigenvalue weighted by Crippen LogP contribution is 2.10. The zero-order valence-corrected chi connectivity index (χ0v) is 10.3. The number of aryl methyl sites for hydroxylation is 2. The Kier molecular flexibility index (Phi) is 4.06. The molecule has 16 heavy (non-hydrogen) atoms. The van der Waals surface area contributed by atoms with Crippen molar-refractivity contribution in [3.8, 4) is 0 Å². The molecule has 0 fully saturated rings. The number of nitrogens with zero attached hydrogens (tertiary/aromatic N) is 2. The summed E-state index contributed by atoms with van der Waals surface area (Å²) in [5.41, 5.74) is 6.71. The van der Waals surface area contributed by atoms with Crippen molar-refractivity contribution in [3.63, 3.8) is 0 Å². The maximum Gasteiger partial charge on any atom is 0.227 e. The Hall–Kier alpha value is -1.36. The van der Waals surface area contributed by atoms with Crippen molar-refractivity contribution < 1.29 is 4.79 Å². The molecule has 1 amide bonds. The van der Waals surface area contributed by atoms with Crippen LogP contribution in [0.25, 0.3) is 0 Å². The number of nitrogens with one attached hydrogen (secondary N) is 1. The van der Waals surface area contributed by atoms with Gasteiger partial charge >= 0.3 is 0 Å². The van der Waals surface area contributed by atoms with Crippen molar-refractivity contribution in [1.29, 1.82) is 0 Å². The van der Waals surface area contributed by atoms with Crippen LogP contribution >= 0.6 is 0 Å². The van der Waals surface area contributed by atoms with Crippen molar-refractivity contribution in [2.45, 2.75) is 33.2 Å². The predicted molar refractivity (Wildman–Crippen MR) is 64.0 cm³/mol. The number of hydrogen-bond donors (Lipinski definition) is 2. The fourth-order valence-corrected chi connectivity index (χ4v) is 1.37. The molecule has 0 aliphatic heterocycles. The first-order valence-electron chi connectivity index (χ1n) is 5.46. The van der Waals surface area contributed by atoms with E-state index in [4.69, 9.17) is 5.73 Å². The lowest BCUT2D eigenvalue weighted by Crippen LogP contribution is -2.31. The molecule has 0 bridgehead atoms. The maximum absolute atomic E-state index is 11.7. The highest BCUT2D eigenvalue weighted by atomic mass is 16.1. The minimum atomic E-state index is -0.102. The molecular weight excluding hydrogens is 204 g/mol. The van der Waals surface area contributed by atoms with Crippen LogP contribution in [0.5, 0.6) is 0 Å². The molecule has 0 saturated heterocycles. The molecule has 1 aromatic heterocycles. The molecule has 1 aromatic rings. The molecule has 1 rings (SSSR count). The fourth-order valence-electron chi connectivity index (χ4n) is 1.37. The SMILES string of the molecule is Cc1cc(NC(=O)CC(N)C(C)C)n(C)n1. The first-order valence-corrected chi connectivity index (χ1v) is 5.46. The van der Waals surface area contributed by atoms with Gasteiger partial charge < -0.3 is 11.1 Å². The molecule has 0 aliphatic rings. The van der Waals surface area contributed by atoms with Gasteiger partial charge in [0, 0.05) is 25.6 Å². The molecule has 90 valence electrons. The molecule has 1 heterocycles. The Balaban J connectivity index is 2.55. The summed E-state index contributed by atoms with van der Waals surface area (Å²) in [6.07, 6.45) is 0.335. The van der Waals surface area contributed by atoms with Gasteiger partial charge in [0.1, 0.15) is 5.82 Å². The fraction of sp³-hybridized carbons (Fsp3) is 0.636. The van der Waals surface area contributed by atoms with Gasteiger partial charge in [-0.15, -0.1) is 0 Å². The van der Waals surface area contributed by atoms with Crippen LogP contribution in [0.4, 0.5) is 5.82 Å². The Morgan fingerprint density at radius 2 is 2.25 bits per heavy atom.